The maximum Gasteiger partial charge on any atom is 0.330 e. The molecule has 0 N–H and O–H groups in total. The second-order valence-corrected chi connectivity index (χ2v) is 4.90. The number of carbonyl (C=O) groups is 1. The van der Waals surface area contributed by atoms with Crippen molar-refractivity contribution < 1.29 is 19.0 Å². The minimum Gasteiger partial charge on any atom is -0.487 e. The van der Waals surface area contributed by atoms with E-state index in [1.54, 1.807) is 6.08 Å². The van der Waals surface area contributed by atoms with Gasteiger partial charge in [-0.05, 0) is 51.5 Å². The van der Waals surface area contributed by atoms with Crippen LogP contribution >= 0.6 is 0 Å². The topological polar surface area (TPSA) is 44.8 Å². The third-order valence-electron chi connectivity index (χ3n) is 2.31. The summed E-state index contributed by atoms with van der Waals surface area (Å²) >= 11 is 0. The summed E-state index contributed by atoms with van der Waals surface area (Å²) in [7, 11) is 1.35. The number of hydrogen-bond donors (Lipinski definition) is 0. The Balaban J connectivity index is 3.00. The Morgan fingerprint density at radius 3 is 2.20 bits per heavy atom. The first-order valence-corrected chi connectivity index (χ1v) is 6.65. The fraction of sp³-hybridized carbons (Fsp3) is 0.438. The maximum atomic E-state index is 11.1. The van der Waals surface area contributed by atoms with E-state index in [0.717, 1.165) is 5.56 Å². The lowest BCUT2D eigenvalue weighted by atomic mass is 10.2. The molecule has 0 radical (unpaired) electrons. The van der Waals surface area contributed by atoms with Gasteiger partial charge in [0.05, 0.1) is 19.3 Å². The van der Waals surface area contributed by atoms with Gasteiger partial charge < -0.3 is 14.2 Å². The molecule has 4 heteroatoms. The molecule has 1 aromatic rings. The molecule has 0 aromatic heterocycles. The first-order chi connectivity index (χ1) is 9.42. The zero-order chi connectivity index (χ0) is 15.1. The SMILES string of the molecule is COC(=O)/C=C/c1ccc(OC(C)C)c(OC(C)C)c1. The number of carbonyl (C=O) groups excluding carboxylic acids is 1. The van der Waals surface area contributed by atoms with E-state index in [2.05, 4.69) is 4.74 Å². The molecule has 0 unspecified atom stereocenters. The average Bonchev–Trinajstić information content (AvgIpc) is 2.37. The Kier molecular flexibility index (Phi) is 6.10. The Morgan fingerprint density at radius 1 is 1.05 bits per heavy atom. The molecule has 20 heavy (non-hydrogen) atoms. The number of benzene rings is 1. The van der Waals surface area contributed by atoms with Crippen LogP contribution in [-0.2, 0) is 9.53 Å². The lowest BCUT2D eigenvalue weighted by Gasteiger charge is -2.17. The van der Waals surface area contributed by atoms with E-state index < -0.39 is 0 Å². The monoisotopic (exact) mass is 278 g/mol. The van der Waals surface area contributed by atoms with Crippen molar-refractivity contribution in [2.24, 2.45) is 0 Å². The van der Waals surface area contributed by atoms with Crippen LogP contribution in [0.4, 0.5) is 0 Å². The van der Waals surface area contributed by atoms with Crippen LogP contribution in [0.2, 0.25) is 0 Å². The molecular formula is C16H22O4. The molecule has 0 heterocycles. The van der Waals surface area contributed by atoms with Gasteiger partial charge in [0.15, 0.2) is 11.5 Å². The van der Waals surface area contributed by atoms with Crippen LogP contribution in [0.15, 0.2) is 24.3 Å². The van der Waals surface area contributed by atoms with Crippen LogP contribution in [0, 0.1) is 0 Å². The molecule has 0 aliphatic carbocycles. The molecule has 0 bridgehead atoms. The highest BCUT2D eigenvalue weighted by Gasteiger charge is 2.09. The minimum atomic E-state index is -0.390. The van der Waals surface area contributed by atoms with E-state index >= 15 is 0 Å². The molecule has 0 spiro atoms. The lowest BCUT2D eigenvalue weighted by molar-refractivity contribution is -0.134. The van der Waals surface area contributed by atoms with Crippen molar-refractivity contribution in [3.05, 3.63) is 29.8 Å². The van der Waals surface area contributed by atoms with Crippen molar-refractivity contribution >= 4 is 12.0 Å². The van der Waals surface area contributed by atoms with Crippen LogP contribution in [0.25, 0.3) is 6.08 Å². The summed E-state index contributed by atoms with van der Waals surface area (Å²) in [5, 5.41) is 0. The Labute approximate surface area is 120 Å². The number of esters is 1. The van der Waals surface area contributed by atoms with Gasteiger partial charge >= 0.3 is 5.97 Å². The fourth-order valence-electron chi connectivity index (χ4n) is 1.56. The van der Waals surface area contributed by atoms with Gasteiger partial charge in [0.25, 0.3) is 0 Å². The quantitative estimate of drug-likeness (QED) is 0.590. The fourth-order valence-corrected chi connectivity index (χ4v) is 1.56. The van der Waals surface area contributed by atoms with Crippen molar-refractivity contribution in [3.63, 3.8) is 0 Å². The molecule has 0 aliphatic heterocycles. The molecule has 0 atom stereocenters. The normalized spacial score (nSPS) is 11.2. The second kappa shape index (κ2) is 7.58. The smallest absolute Gasteiger partial charge is 0.330 e. The molecule has 0 saturated heterocycles. The molecular weight excluding hydrogens is 256 g/mol. The van der Waals surface area contributed by atoms with Gasteiger partial charge in [0, 0.05) is 6.08 Å². The van der Waals surface area contributed by atoms with Crippen LogP contribution in [-0.4, -0.2) is 25.3 Å². The summed E-state index contributed by atoms with van der Waals surface area (Å²) in [4.78, 5) is 11.1. The Bertz CT molecular complexity index is 475. The third kappa shape index (κ3) is 5.34. The highest BCUT2D eigenvalue weighted by Crippen LogP contribution is 2.30. The van der Waals surface area contributed by atoms with Gasteiger partial charge in [0.2, 0.25) is 0 Å². The minimum absolute atomic E-state index is 0.0457. The highest BCUT2D eigenvalue weighted by atomic mass is 16.5. The van der Waals surface area contributed by atoms with Crippen molar-refractivity contribution in [1.29, 1.82) is 0 Å². The summed E-state index contributed by atoms with van der Waals surface area (Å²) in [5.41, 5.74) is 0.849. The standard InChI is InChI=1S/C16H22O4/c1-11(2)19-14-8-6-13(7-9-16(17)18-5)10-15(14)20-12(3)4/h6-12H,1-5H3/b9-7+. The Morgan fingerprint density at radius 2 is 1.65 bits per heavy atom. The van der Waals surface area contributed by atoms with Crippen molar-refractivity contribution in [3.8, 4) is 11.5 Å². The molecule has 1 aromatic carbocycles. The molecule has 110 valence electrons. The molecule has 0 fully saturated rings. The number of hydrogen-bond acceptors (Lipinski definition) is 4. The van der Waals surface area contributed by atoms with E-state index in [-0.39, 0.29) is 18.2 Å². The summed E-state index contributed by atoms with van der Waals surface area (Å²) in [6.07, 6.45) is 3.17. The predicted molar refractivity (Wildman–Crippen MR) is 79.0 cm³/mol. The molecule has 0 amide bonds. The summed E-state index contributed by atoms with van der Waals surface area (Å²) in [5.74, 6) is 0.975. The highest BCUT2D eigenvalue weighted by molar-refractivity contribution is 5.87. The number of methoxy groups -OCH3 is 1. The van der Waals surface area contributed by atoms with Crippen LogP contribution in [0.5, 0.6) is 11.5 Å². The van der Waals surface area contributed by atoms with Crippen LogP contribution < -0.4 is 9.47 Å². The van der Waals surface area contributed by atoms with Gasteiger partial charge in [-0.2, -0.15) is 0 Å². The zero-order valence-electron chi connectivity index (χ0n) is 12.7. The molecule has 4 nitrogen and oxygen atoms in total. The van der Waals surface area contributed by atoms with E-state index in [4.69, 9.17) is 9.47 Å². The van der Waals surface area contributed by atoms with E-state index in [0.29, 0.717) is 11.5 Å². The van der Waals surface area contributed by atoms with Gasteiger partial charge in [-0.1, -0.05) is 6.07 Å². The lowest BCUT2D eigenvalue weighted by Crippen LogP contribution is -2.10. The summed E-state index contributed by atoms with van der Waals surface area (Å²) in [6.45, 7) is 7.83. The molecule has 0 saturated carbocycles. The van der Waals surface area contributed by atoms with Crippen LogP contribution in [0.3, 0.4) is 0 Å². The van der Waals surface area contributed by atoms with Gasteiger partial charge in [-0.3, -0.25) is 0 Å². The van der Waals surface area contributed by atoms with E-state index in [1.165, 1.54) is 13.2 Å². The number of rotatable bonds is 6. The van der Waals surface area contributed by atoms with Gasteiger partial charge in [0.1, 0.15) is 0 Å². The average molecular weight is 278 g/mol. The first kappa shape index (κ1) is 16.1. The van der Waals surface area contributed by atoms with E-state index in [1.807, 2.05) is 45.9 Å². The predicted octanol–water partition coefficient (Wildman–Crippen LogP) is 3.45. The zero-order valence-corrected chi connectivity index (χ0v) is 12.7. The largest absolute Gasteiger partial charge is 0.487 e. The summed E-state index contributed by atoms with van der Waals surface area (Å²) < 4.78 is 16.0. The first-order valence-electron chi connectivity index (χ1n) is 6.65. The van der Waals surface area contributed by atoms with E-state index in [9.17, 15) is 4.79 Å². The van der Waals surface area contributed by atoms with Crippen molar-refractivity contribution in [1.82, 2.24) is 0 Å². The van der Waals surface area contributed by atoms with Crippen molar-refractivity contribution in [2.75, 3.05) is 7.11 Å². The molecule has 1 rings (SSSR count). The second-order valence-electron chi connectivity index (χ2n) is 4.90. The number of ether oxygens (including phenoxy) is 3. The van der Waals surface area contributed by atoms with Gasteiger partial charge in [-0.15, -0.1) is 0 Å². The Hall–Kier alpha value is -1.97. The third-order valence-corrected chi connectivity index (χ3v) is 2.31. The maximum absolute atomic E-state index is 11.1. The van der Waals surface area contributed by atoms with Gasteiger partial charge in [-0.25, -0.2) is 4.79 Å². The van der Waals surface area contributed by atoms with Crippen molar-refractivity contribution in [2.45, 2.75) is 39.9 Å². The van der Waals surface area contributed by atoms with Crippen LogP contribution in [0.1, 0.15) is 33.3 Å². The molecule has 0 aliphatic rings. The summed E-state index contributed by atoms with van der Waals surface area (Å²) in [6, 6.07) is 5.55.